The van der Waals surface area contributed by atoms with Gasteiger partial charge in [-0.05, 0) is 24.1 Å². The third-order valence-electron chi connectivity index (χ3n) is 2.28. The van der Waals surface area contributed by atoms with E-state index in [0.717, 1.165) is 12.1 Å². The number of nitrogens with zero attached hydrogens (tertiary/aromatic N) is 1. The Morgan fingerprint density at radius 1 is 1.53 bits per heavy atom. The largest absolute Gasteiger partial charge is 0.495 e. The average Bonchev–Trinajstić information content (AvgIpc) is 2.27. The summed E-state index contributed by atoms with van der Waals surface area (Å²) < 4.78 is 5.20. The highest BCUT2D eigenvalue weighted by molar-refractivity contribution is 9.18. The van der Waals surface area contributed by atoms with Gasteiger partial charge in [0.05, 0.1) is 12.8 Å². The molecule has 0 saturated heterocycles. The van der Waals surface area contributed by atoms with E-state index in [1.165, 1.54) is 10.5 Å². The highest BCUT2D eigenvalue weighted by atomic mass is 79.9. The molecule has 0 bridgehead atoms. The van der Waals surface area contributed by atoms with E-state index >= 15 is 0 Å². The van der Waals surface area contributed by atoms with Crippen molar-refractivity contribution < 1.29 is 9.53 Å². The Morgan fingerprint density at radius 2 is 2.20 bits per heavy atom. The van der Waals surface area contributed by atoms with E-state index in [2.05, 4.69) is 22.9 Å². The molecule has 0 aliphatic carbocycles. The lowest BCUT2D eigenvalue weighted by Crippen LogP contribution is -2.20. The fourth-order valence-corrected chi connectivity index (χ4v) is 1.50. The summed E-state index contributed by atoms with van der Waals surface area (Å²) >= 11 is 2.92. The number of carbonyl (C=O) groups is 1. The molecular formula is C11H14BrNO2. The average molecular weight is 272 g/mol. The number of aryl methyl sites for hydroxylation is 1. The molecule has 0 atom stereocenters. The third-order valence-corrected chi connectivity index (χ3v) is 2.81. The molecule has 15 heavy (non-hydrogen) atoms. The van der Waals surface area contributed by atoms with Crippen LogP contribution in [0.1, 0.15) is 12.5 Å². The lowest BCUT2D eigenvalue weighted by molar-refractivity contribution is 0.266. The van der Waals surface area contributed by atoms with Gasteiger partial charge in [-0.15, -0.1) is 0 Å². The van der Waals surface area contributed by atoms with Gasteiger partial charge < -0.3 is 9.64 Å². The topological polar surface area (TPSA) is 29.5 Å². The maximum absolute atomic E-state index is 11.2. The highest BCUT2D eigenvalue weighted by Crippen LogP contribution is 2.29. The first-order chi connectivity index (χ1) is 7.10. The number of halogens is 1. The van der Waals surface area contributed by atoms with Gasteiger partial charge in [0.25, 0.3) is 4.82 Å². The Bertz CT molecular complexity index is 366. The van der Waals surface area contributed by atoms with Crippen molar-refractivity contribution in [1.29, 1.82) is 0 Å². The molecule has 0 spiro atoms. The number of hydrogen-bond acceptors (Lipinski definition) is 2. The van der Waals surface area contributed by atoms with Crippen LogP contribution in [-0.2, 0) is 6.42 Å². The molecule has 0 N–H and O–H groups in total. The summed E-state index contributed by atoms with van der Waals surface area (Å²) in [6.07, 6.45) is 0.932. The van der Waals surface area contributed by atoms with E-state index in [1.54, 1.807) is 14.2 Å². The van der Waals surface area contributed by atoms with E-state index in [-0.39, 0.29) is 4.82 Å². The Labute approximate surface area is 98.2 Å². The highest BCUT2D eigenvalue weighted by Gasteiger charge is 2.12. The molecule has 3 nitrogen and oxygen atoms in total. The van der Waals surface area contributed by atoms with Crippen LogP contribution in [-0.4, -0.2) is 19.0 Å². The molecular weight excluding hydrogens is 258 g/mol. The second-order valence-corrected chi connectivity index (χ2v) is 3.85. The standard InChI is InChI=1S/C11H14BrNO2/c1-4-8-5-6-10(15-3)9(7-8)13(2)11(12)14/h5-7H,4H2,1-3H3. The molecule has 0 saturated carbocycles. The van der Waals surface area contributed by atoms with E-state index in [1.807, 2.05) is 18.2 Å². The number of ether oxygens (including phenoxy) is 1. The minimum absolute atomic E-state index is 0.186. The van der Waals surface area contributed by atoms with Crippen molar-refractivity contribution in [2.24, 2.45) is 0 Å². The van der Waals surface area contributed by atoms with Gasteiger partial charge in [0.2, 0.25) is 0 Å². The summed E-state index contributed by atoms with van der Waals surface area (Å²) in [5.74, 6) is 0.697. The van der Waals surface area contributed by atoms with Crippen molar-refractivity contribution in [2.45, 2.75) is 13.3 Å². The summed E-state index contributed by atoms with van der Waals surface area (Å²) in [6.45, 7) is 2.07. The molecule has 0 heterocycles. The summed E-state index contributed by atoms with van der Waals surface area (Å²) in [5.41, 5.74) is 1.95. The zero-order valence-corrected chi connectivity index (χ0v) is 10.7. The van der Waals surface area contributed by atoms with E-state index in [0.29, 0.717) is 5.75 Å². The minimum Gasteiger partial charge on any atom is -0.495 e. The van der Waals surface area contributed by atoms with Crippen LogP contribution < -0.4 is 9.64 Å². The van der Waals surface area contributed by atoms with Crippen molar-refractivity contribution in [1.82, 2.24) is 0 Å². The lowest BCUT2D eigenvalue weighted by atomic mass is 10.1. The van der Waals surface area contributed by atoms with Gasteiger partial charge in [-0.1, -0.05) is 13.0 Å². The Hall–Kier alpha value is -1.03. The number of rotatable bonds is 3. The Kier molecular flexibility index (Phi) is 4.15. The molecule has 1 aromatic rings. The fourth-order valence-electron chi connectivity index (χ4n) is 1.31. The van der Waals surface area contributed by atoms with E-state index < -0.39 is 0 Å². The Balaban J connectivity index is 3.16. The number of hydrogen-bond donors (Lipinski definition) is 0. The number of methoxy groups -OCH3 is 1. The van der Waals surface area contributed by atoms with Gasteiger partial charge in [-0.2, -0.15) is 0 Å². The van der Waals surface area contributed by atoms with Crippen LogP contribution in [0.3, 0.4) is 0 Å². The van der Waals surface area contributed by atoms with Crippen molar-refractivity contribution in [3.05, 3.63) is 23.8 Å². The summed E-state index contributed by atoms with van der Waals surface area (Å²) in [6, 6.07) is 5.83. The molecule has 0 aliphatic heterocycles. The zero-order chi connectivity index (χ0) is 11.4. The minimum atomic E-state index is -0.186. The van der Waals surface area contributed by atoms with Crippen LogP contribution >= 0.6 is 15.9 Å². The zero-order valence-electron chi connectivity index (χ0n) is 9.08. The first-order valence-electron chi connectivity index (χ1n) is 4.70. The number of anilines is 1. The van der Waals surface area contributed by atoms with Crippen molar-refractivity contribution in [3.63, 3.8) is 0 Å². The second kappa shape index (κ2) is 5.16. The van der Waals surface area contributed by atoms with E-state index in [4.69, 9.17) is 4.74 Å². The van der Waals surface area contributed by atoms with Crippen molar-refractivity contribution >= 4 is 26.4 Å². The molecule has 0 aliphatic rings. The second-order valence-electron chi connectivity index (χ2n) is 3.17. The van der Waals surface area contributed by atoms with Crippen LogP contribution in [0.25, 0.3) is 0 Å². The Morgan fingerprint density at radius 3 is 2.67 bits per heavy atom. The lowest BCUT2D eigenvalue weighted by Gasteiger charge is -2.18. The van der Waals surface area contributed by atoms with E-state index in [9.17, 15) is 4.79 Å². The maximum atomic E-state index is 11.2. The molecule has 82 valence electrons. The third kappa shape index (κ3) is 2.72. The maximum Gasteiger partial charge on any atom is 0.293 e. The van der Waals surface area contributed by atoms with Crippen LogP contribution in [0.15, 0.2) is 18.2 Å². The first-order valence-corrected chi connectivity index (χ1v) is 5.49. The van der Waals surface area contributed by atoms with Crippen LogP contribution in [0.4, 0.5) is 10.5 Å². The van der Waals surface area contributed by atoms with Crippen molar-refractivity contribution in [3.8, 4) is 5.75 Å². The SMILES string of the molecule is CCc1ccc(OC)c(N(C)C(=O)Br)c1. The van der Waals surface area contributed by atoms with Crippen LogP contribution in [0.2, 0.25) is 0 Å². The molecule has 0 radical (unpaired) electrons. The summed E-state index contributed by atoms with van der Waals surface area (Å²) in [7, 11) is 3.30. The van der Waals surface area contributed by atoms with Crippen molar-refractivity contribution in [2.75, 3.05) is 19.1 Å². The predicted octanol–water partition coefficient (Wildman–Crippen LogP) is 3.21. The molecule has 0 unspecified atom stereocenters. The van der Waals surface area contributed by atoms with Crippen LogP contribution in [0, 0.1) is 0 Å². The van der Waals surface area contributed by atoms with Gasteiger partial charge in [0, 0.05) is 23.0 Å². The molecule has 0 aromatic heterocycles. The smallest absolute Gasteiger partial charge is 0.293 e. The number of carbonyl (C=O) groups excluding carboxylic acids is 1. The molecule has 1 amide bonds. The molecule has 0 fully saturated rings. The fraction of sp³-hybridized carbons (Fsp3) is 0.364. The van der Waals surface area contributed by atoms with Gasteiger partial charge in [-0.25, -0.2) is 0 Å². The van der Waals surface area contributed by atoms with Gasteiger partial charge >= 0.3 is 0 Å². The number of amides is 1. The van der Waals surface area contributed by atoms with Gasteiger partial charge in [0.15, 0.2) is 0 Å². The van der Waals surface area contributed by atoms with Gasteiger partial charge in [0.1, 0.15) is 5.75 Å². The summed E-state index contributed by atoms with van der Waals surface area (Å²) in [5, 5.41) is 0. The summed E-state index contributed by atoms with van der Waals surface area (Å²) in [4.78, 5) is 12.5. The normalized spacial score (nSPS) is 9.87. The molecule has 1 rings (SSSR count). The predicted molar refractivity (Wildman–Crippen MR) is 65.1 cm³/mol. The van der Waals surface area contributed by atoms with Crippen LogP contribution in [0.5, 0.6) is 5.75 Å². The number of benzene rings is 1. The quantitative estimate of drug-likeness (QED) is 0.624. The monoisotopic (exact) mass is 271 g/mol. The molecule has 4 heteroatoms. The molecule has 1 aromatic carbocycles. The van der Waals surface area contributed by atoms with Gasteiger partial charge in [-0.3, -0.25) is 4.79 Å². The first kappa shape index (κ1) is 12.0.